The summed E-state index contributed by atoms with van der Waals surface area (Å²) in [6.45, 7) is 2.71. The zero-order chi connectivity index (χ0) is 13.2. The molecule has 2 heterocycles. The zero-order valence-corrected chi connectivity index (χ0v) is 10.6. The monoisotopic (exact) mass is 256 g/mol. The van der Waals surface area contributed by atoms with E-state index < -0.39 is 0 Å². The van der Waals surface area contributed by atoms with Crippen LogP contribution in [0.15, 0.2) is 35.1 Å². The van der Waals surface area contributed by atoms with Crippen molar-refractivity contribution in [3.8, 4) is 0 Å². The van der Waals surface area contributed by atoms with Crippen molar-refractivity contribution in [1.29, 1.82) is 0 Å². The maximum atomic E-state index is 11.4. The molecular weight excluding hydrogens is 240 g/mol. The summed E-state index contributed by atoms with van der Waals surface area (Å²) >= 11 is 0. The van der Waals surface area contributed by atoms with Crippen LogP contribution in [0.3, 0.4) is 0 Å². The van der Waals surface area contributed by atoms with Crippen LogP contribution in [0.1, 0.15) is 22.5 Å². The van der Waals surface area contributed by atoms with Gasteiger partial charge in [0.25, 0.3) is 0 Å². The summed E-state index contributed by atoms with van der Waals surface area (Å²) in [6, 6.07) is 10.3. The van der Waals surface area contributed by atoms with Gasteiger partial charge in [0.15, 0.2) is 0 Å². The number of H-pyrrole nitrogens is 1. The van der Waals surface area contributed by atoms with Crippen LogP contribution in [0.4, 0.5) is 0 Å². The molecule has 0 unspecified atom stereocenters. The van der Waals surface area contributed by atoms with Gasteiger partial charge in [-0.25, -0.2) is 4.79 Å². The summed E-state index contributed by atoms with van der Waals surface area (Å²) in [5, 5.41) is 0. The van der Waals surface area contributed by atoms with E-state index in [-0.39, 0.29) is 5.69 Å². The van der Waals surface area contributed by atoms with Crippen molar-refractivity contribution < 1.29 is 0 Å². The summed E-state index contributed by atoms with van der Waals surface area (Å²) in [5.74, 6) is 0. The highest BCUT2D eigenvalue weighted by molar-refractivity contribution is 5.28. The van der Waals surface area contributed by atoms with Crippen LogP contribution >= 0.6 is 0 Å². The predicted molar refractivity (Wildman–Crippen MR) is 72.1 cm³/mol. The zero-order valence-electron chi connectivity index (χ0n) is 10.6. The summed E-state index contributed by atoms with van der Waals surface area (Å²) in [7, 11) is 0. The second-order valence-corrected chi connectivity index (χ2v) is 4.78. The number of nitrogens with two attached hydrogens (primary N) is 1. The Morgan fingerprint density at radius 3 is 2.79 bits per heavy atom. The van der Waals surface area contributed by atoms with E-state index in [0.717, 1.165) is 30.9 Å². The largest absolute Gasteiger partial charge is 0.345 e. The average Bonchev–Trinajstić information content (AvgIpc) is 2.81. The summed E-state index contributed by atoms with van der Waals surface area (Å²) < 4.78 is 0. The van der Waals surface area contributed by atoms with Gasteiger partial charge in [0.2, 0.25) is 0 Å². The van der Waals surface area contributed by atoms with Crippen molar-refractivity contribution in [2.24, 2.45) is 5.73 Å². The first-order valence-electron chi connectivity index (χ1n) is 6.33. The molecule has 1 aromatic carbocycles. The molecule has 0 atom stereocenters. The fourth-order valence-corrected chi connectivity index (χ4v) is 2.54. The van der Waals surface area contributed by atoms with Gasteiger partial charge < -0.3 is 10.7 Å². The fourth-order valence-electron chi connectivity index (χ4n) is 2.54. The first-order chi connectivity index (χ1) is 9.26. The molecule has 19 heavy (non-hydrogen) atoms. The number of aromatic amines is 1. The Labute approximate surface area is 111 Å². The minimum absolute atomic E-state index is 0.305. The number of nitrogens with one attached hydrogen (secondary N) is 1. The van der Waals surface area contributed by atoms with Gasteiger partial charge in [0.1, 0.15) is 0 Å². The predicted octanol–water partition coefficient (Wildman–Crippen LogP) is 0.744. The van der Waals surface area contributed by atoms with Gasteiger partial charge in [0.05, 0.1) is 5.69 Å². The Hall–Kier alpha value is -1.98. The molecule has 5 heteroatoms. The van der Waals surface area contributed by atoms with E-state index in [9.17, 15) is 4.79 Å². The molecule has 1 aliphatic heterocycles. The lowest BCUT2D eigenvalue weighted by Crippen LogP contribution is -2.18. The highest BCUT2D eigenvalue weighted by Gasteiger charge is 2.23. The second kappa shape index (κ2) is 4.95. The molecule has 5 nitrogen and oxygen atoms in total. The lowest BCUT2D eigenvalue weighted by Gasteiger charge is -2.14. The maximum absolute atomic E-state index is 11.4. The molecule has 0 saturated carbocycles. The van der Waals surface area contributed by atoms with Gasteiger partial charge in [-0.15, -0.1) is 0 Å². The van der Waals surface area contributed by atoms with Crippen LogP contribution in [0.2, 0.25) is 0 Å². The van der Waals surface area contributed by atoms with Crippen LogP contribution in [-0.4, -0.2) is 14.9 Å². The molecule has 0 bridgehead atoms. The third-order valence-corrected chi connectivity index (χ3v) is 3.41. The molecule has 98 valence electrons. The molecule has 0 radical (unpaired) electrons. The highest BCUT2D eigenvalue weighted by atomic mass is 16.1. The third-order valence-electron chi connectivity index (χ3n) is 3.41. The van der Waals surface area contributed by atoms with E-state index in [0.29, 0.717) is 12.2 Å². The smallest absolute Gasteiger partial charge is 0.325 e. The van der Waals surface area contributed by atoms with E-state index >= 15 is 0 Å². The molecule has 1 aromatic heterocycles. The standard InChI is InChI=1S/C14H16N4O/c15-6-12-11-8-18(7-10-4-2-1-3-5-10)9-13(11)17-14(19)16-12/h1-5H,6-9,15H2,(H,16,17,19). The summed E-state index contributed by atoms with van der Waals surface area (Å²) in [5.41, 5.74) is 9.37. The molecule has 2 aromatic rings. The van der Waals surface area contributed by atoms with E-state index in [1.807, 2.05) is 18.2 Å². The molecule has 1 aliphatic rings. The Morgan fingerprint density at radius 1 is 1.26 bits per heavy atom. The molecule has 0 saturated heterocycles. The lowest BCUT2D eigenvalue weighted by molar-refractivity contribution is 0.273. The van der Waals surface area contributed by atoms with Crippen molar-refractivity contribution in [2.45, 2.75) is 26.2 Å². The topological polar surface area (TPSA) is 75.0 Å². The molecular formula is C14H16N4O. The van der Waals surface area contributed by atoms with Gasteiger partial charge in [-0.05, 0) is 5.56 Å². The quantitative estimate of drug-likeness (QED) is 0.849. The average molecular weight is 256 g/mol. The van der Waals surface area contributed by atoms with Crippen molar-refractivity contribution in [2.75, 3.05) is 0 Å². The molecule has 0 aliphatic carbocycles. The molecule has 3 rings (SSSR count). The summed E-state index contributed by atoms with van der Waals surface area (Å²) in [6.07, 6.45) is 0. The Kier molecular flexibility index (Phi) is 3.15. The van der Waals surface area contributed by atoms with Gasteiger partial charge in [-0.2, -0.15) is 4.98 Å². The highest BCUT2D eigenvalue weighted by Crippen LogP contribution is 2.23. The first-order valence-corrected chi connectivity index (χ1v) is 6.33. The second-order valence-electron chi connectivity index (χ2n) is 4.78. The van der Waals surface area contributed by atoms with E-state index in [1.54, 1.807) is 0 Å². The van der Waals surface area contributed by atoms with E-state index in [1.165, 1.54) is 5.56 Å². The van der Waals surface area contributed by atoms with Crippen LogP contribution in [0.25, 0.3) is 0 Å². The van der Waals surface area contributed by atoms with Gasteiger partial charge in [-0.3, -0.25) is 4.90 Å². The number of benzene rings is 1. The maximum Gasteiger partial charge on any atom is 0.345 e. The Balaban J connectivity index is 1.83. The van der Waals surface area contributed by atoms with Crippen molar-refractivity contribution in [3.05, 3.63) is 63.3 Å². The van der Waals surface area contributed by atoms with E-state index in [2.05, 4.69) is 27.0 Å². The van der Waals surface area contributed by atoms with Crippen LogP contribution in [0, 0.1) is 0 Å². The number of hydrogen-bond donors (Lipinski definition) is 2. The molecule has 0 spiro atoms. The number of rotatable bonds is 3. The van der Waals surface area contributed by atoms with Gasteiger partial charge in [0, 0.05) is 37.4 Å². The van der Waals surface area contributed by atoms with Crippen LogP contribution < -0.4 is 11.4 Å². The number of hydrogen-bond acceptors (Lipinski definition) is 4. The van der Waals surface area contributed by atoms with Crippen molar-refractivity contribution in [3.63, 3.8) is 0 Å². The third kappa shape index (κ3) is 2.43. The number of nitrogens with zero attached hydrogens (tertiary/aromatic N) is 2. The van der Waals surface area contributed by atoms with Gasteiger partial charge in [-0.1, -0.05) is 30.3 Å². The minimum atomic E-state index is -0.305. The molecule has 0 amide bonds. The van der Waals surface area contributed by atoms with Gasteiger partial charge >= 0.3 is 5.69 Å². The summed E-state index contributed by atoms with van der Waals surface area (Å²) in [4.78, 5) is 20.5. The first kappa shape index (κ1) is 12.1. The molecule has 3 N–H and O–H groups in total. The minimum Gasteiger partial charge on any atom is -0.325 e. The Bertz CT molecular complexity index is 636. The van der Waals surface area contributed by atoms with Crippen molar-refractivity contribution >= 4 is 0 Å². The Morgan fingerprint density at radius 2 is 2.05 bits per heavy atom. The number of aromatic nitrogens is 2. The van der Waals surface area contributed by atoms with Crippen LogP contribution in [0.5, 0.6) is 0 Å². The van der Waals surface area contributed by atoms with E-state index in [4.69, 9.17) is 5.73 Å². The fraction of sp³-hybridized carbons (Fsp3) is 0.286. The van der Waals surface area contributed by atoms with Crippen molar-refractivity contribution in [1.82, 2.24) is 14.9 Å². The lowest BCUT2D eigenvalue weighted by atomic mass is 10.2. The number of fused-ring (bicyclic) bond motifs is 1. The normalized spacial score (nSPS) is 14.6. The molecule has 0 fully saturated rings. The SMILES string of the molecule is NCc1nc(=O)[nH]c2c1CN(Cc1ccccc1)C2. The van der Waals surface area contributed by atoms with Crippen LogP contribution in [-0.2, 0) is 26.2 Å².